The van der Waals surface area contributed by atoms with Gasteiger partial charge in [0.2, 0.25) is 0 Å². The number of hydrogen-bond acceptors (Lipinski definition) is 6. The maximum atomic E-state index is 12.5. The summed E-state index contributed by atoms with van der Waals surface area (Å²) >= 11 is 0. The van der Waals surface area contributed by atoms with Gasteiger partial charge in [0.25, 0.3) is 17.7 Å². The van der Waals surface area contributed by atoms with E-state index >= 15 is 0 Å². The van der Waals surface area contributed by atoms with Crippen LogP contribution in [-0.2, 0) is 9.53 Å². The van der Waals surface area contributed by atoms with Crippen molar-refractivity contribution in [2.75, 3.05) is 13.2 Å². The van der Waals surface area contributed by atoms with E-state index in [9.17, 15) is 24.4 Å². The van der Waals surface area contributed by atoms with Gasteiger partial charge in [0, 0.05) is 6.54 Å². The standard InChI is InChI=1S/C21H23N3O5/c1-3-4-9-24-18(26)15-8-5-13(10-16(15)19(24)27)20(28)29-11-17(25)23-21(2,12-22)14-6-7-14/h5,8,10,14H,3-4,6-7,9,11H2,1-2H3,(H,23,25)/t21-/m0/s1. The number of carbonyl (C=O) groups is 4. The first kappa shape index (κ1) is 20.5. The number of carbonyl (C=O) groups excluding carboxylic acids is 4. The van der Waals surface area contributed by atoms with Gasteiger partial charge in [-0.1, -0.05) is 13.3 Å². The number of amides is 3. The summed E-state index contributed by atoms with van der Waals surface area (Å²) in [6, 6.07) is 6.25. The number of nitriles is 1. The molecule has 3 amide bonds. The van der Waals surface area contributed by atoms with E-state index in [0.29, 0.717) is 13.0 Å². The lowest BCUT2D eigenvalue weighted by Crippen LogP contribution is -2.48. The highest BCUT2D eigenvalue weighted by Gasteiger charge is 2.43. The summed E-state index contributed by atoms with van der Waals surface area (Å²) in [6.45, 7) is 3.42. The van der Waals surface area contributed by atoms with E-state index in [1.807, 2.05) is 6.92 Å². The third-order valence-corrected chi connectivity index (χ3v) is 5.30. The zero-order chi connectivity index (χ0) is 21.2. The number of esters is 1. The normalized spacial score (nSPS) is 17.3. The monoisotopic (exact) mass is 397 g/mol. The van der Waals surface area contributed by atoms with E-state index in [1.54, 1.807) is 6.92 Å². The molecule has 1 N–H and O–H groups in total. The smallest absolute Gasteiger partial charge is 0.338 e. The maximum Gasteiger partial charge on any atom is 0.338 e. The van der Waals surface area contributed by atoms with Gasteiger partial charge in [-0.2, -0.15) is 5.26 Å². The van der Waals surface area contributed by atoms with Crippen LogP contribution in [0.4, 0.5) is 0 Å². The Morgan fingerprint density at radius 3 is 2.59 bits per heavy atom. The molecule has 1 aromatic carbocycles. The third-order valence-electron chi connectivity index (χ3n) is 5.30. The van der Waals surface area contributed by atoms with Crippen LogP contribution in [0, 0.1) is 17.2 Å². The van der Waals surface area contributed by atoms with Crippen LogP contribution in [0.15, 0.2) is 18.2 Å². The molecule has 0 unspecified atom stereocenters. The van der Waals surface area contributed by atoms with Crippen molar-refractivity contribution in [1.29, 1.82) is 5.26 Å². The summed E-state index contributed by atoms with van der Waals surface area (Å²) in [5.74, 6) is -2.02. The lowest BCUT2D eigenvalue weighted by Gasteiger charge is -2.22. The first-order valence-corrected chi connectivity index (χ1v) is 9.70. The van der Waals surface area contributed by atoms with E-state index < -0.39 is 29.9 Å². The lowest BCUT2D eigenvalue weighted by atomic mass is 9.98. The van der Waals surface area contributed by atoms with E-state index in [4.69, 9.17) is 4.74 Å². The molecule has 0 radical (unpaired) electrons. The van der Waals surface area contributed by atoms with Crippen LogP contribution in [0.2, 0.25) is 0 Å². The number of fused-ring (bicyclic) bond motifs is 1. The molecular formula is C21H23N3O5. The van der Waals surface area contributed by atoms with Gasteiger partial charge >= 0.3 is 5.97 Å². The first-order chi connectivity index (χ1) is 13.8. The summed E-state index contributed by atoms with van der Waals surface area (Å²) in [7, 11) is 0. The molecule has 0 spiro atoms. The molecule has 1 aromatic rings. The Labute approximate surface area is 168 Å². The van der Waals surface area contributed by atoms with Gasteiger partial charge < -0.3 is 10.1 Å². The largest absolute Gasteiger partial charge is 0.452 e. The molecule has 8 nitrogen and oxygen atoms in total. The van der Waals surface area contributed by atoms with Gasteiger partial charge in [-0.05, 0) is 50.3 Å². The topological polar surface area (TPSA) is 117 Å². The Bertz CT molecular complexity index is 915. The average molecular weight is 397 g/mol. The molecule has 29 heavy (non-hydrogen) atoms. The molecule has 0 saturated heterocycles. The van der Waals surface area contributed by atoms with Gasteiger partial charge in [-0.15, -0.1) is 0 Å². The number of hydrogen-bond donors (Lipinski definition) is 1. The molecule has 152 valence electrons. The molecule has 1 atom stereocenters. The van der Waals surface area contributed by atoms with Gasteiger partial charge in [0.05, 0.1) is 22.8 Å². The van der Waals surface area contributed by atoms with Crippen molar-refractivity contribution in [3.63, 3.8) is 0 Å². The number of imide groups is 1. The molecular weight excluding hydrogens is 374 g/mol. The fourth-order valence-corrected chi connectivity index (χ4v) is 3.36. The van der Waals surface area contributed by atoms with Gasteiger partial charge in [0.15, 0.2) is 6.61 Å². The molecule has 8 heteroatoms. The zero-order valence-corrected chi connectivity index (χ0v) is 16.5. The highest BCUT2D eigenvalue weighted by atomic mass is 16.5. The Kier molecular flexibility index (Phi) is 5.69. The van der Waals surface area contributed by atoms with Crippen molar-refractivity contribution < 1.29 is 23.9 Å². The molecule has 0 aromatic heterocycles. The minimum Gasteiger partial charge on any atom is -0.452 e. The van der Waals surface area contributed by atoms with Gasteiger partial charge in [0.1, 0.15) is 5.54 Å². The van der Waals surface area contributed by atoms with Crippen molar-refractivity contribution in [1.82, 2.24) is 10.2 Å². The predicted octanol–water partition coefficient (Wildman–Crippen LogP) is 2.05. The van der Waals surface area contributed by atoms with Crippen molar-refractivity contribution in [3.05, 3.63) is 34.9 Å². The van der Waals surface area contributed by atoms with E-state index in [0.717, 1.165) is 19.3 Å². The molecule has 1 saturated carbocycles. The number of nitrogens with one attached hydrogen (secondary N) is 1. The molecule has 3 rings (SSSR count). The number of nitrogens with zero attached hydrogens (tertiary/aromatic N) is 2. The second-order valence-corrected chi connectivity index (χ2v) is 7.59. The van der Waals surface area contributed by atoms with Crippen LogP contribution in [0.3, 0.4) is 0 Å². The van der Waals surface area contributed by atoms with Crippen LogP contribution >= 0.6 is 0 Å². The van der Waals surface area contributed by atoms with Crippen LogP contribution < -0.4 is 5.32 Å². The predicted molar refractivity (Wildman–Crippen MR) is 102 cm³/mol. The summed E-state index contributed by atoms with van der Waals surface area (Å²) in [6.07, 6.45) is 3.30. The molecule has 2 aliphatic rings. The quantitative estimate of drug-likeness (QED) is 0.530. The number of benzene rings is 1. The third kappa shape index (κ3) is 4.14. The van der Waals surface area contributed by atoms with Gasteiger partial charge in [-0.25, -0.2) is 4.79 Å². The van der Waals surface area contributed by atoms with Crippen molar-refractivity contribution in [2.45, 2.75) is 45.1 Å². The number of rotatable bonds is 8. The van der Waals surface area contributed by atoms with E-state index in [2.05, 4.69) is 11.4 Å². The minimum atomic E-state index is -0.966. The van der Waals surface area contributed by atoms with Crippen molar-refractivity contribution in [2.24, 2.45) is 5.92 Å². The first-order valence-electron chi connectivity index (χ1n) is 9.70. The Morgan fingerprint density at radius 2 is 1.97 bits per heavy atom. The van der Waals surface area contributed by atoms with Crippen LogP contribution in [0.5, 0.6) is 0 Å². The Balaban J connectivity index is 1.62. The highest BCUT2D eigenvalue weighted by Crippen LogP contribution is 2.39. The molecule has 1 heterocycles. The Hall–Kier alpha value is -3.21. The number of unbranched alkanes of at least 4 members (excludes halogenated alkanes) is 1. The van der Waals surface area contributed by atoms with E-state index in [-0.39, 0.29) is 28.5 Å². The van der Waals surface area contributed by atoms with Crippen LogP contribution in [0.25, 0.3) is 0 Å². The van der Waals surface area contributed by atoms with Crippen molar-refractivity contribution in [3.8, 4) is 6.07 Å². The summed E-state index contributed by atoms with van der Waals surface area (Å²) in [5, 5.41) is 11.9. The van der Waals surface area contributed by atoms with Gasteiger partial charge in [-0.3, -0.25) is 19.3 Å². The molecule has 0 bridgehead atoms. The lowest BCUT2D eigenvalue weighted by molar-refractivity contribution is -0.125. The minimum absolute atomic E-state index is 0.0836. The average Bonchev–Trinajstić information content (AvgIpc) is 3.54. The Morgan fingerprint density at radius 1 is 1.28 bits per heavy atom. The second-order valence-electron chi connectivity index (χ2n) is 7.59. The summed E-state index contributed by atoms with van der Waals surface area (Å²) < 4.78 is 5.02. The van der Waals surface area contributed by atoms with E-state index in [1.165, 1.54) is 23.1 Å². The molecule has 1 aliphatic heterocycles. The fraction of sp³-hybridized carbons (Fsp3) is 0.476. The number of ether oxygens (including phenoxy) is 1. The zero-order valence-electron chi connectivity index (χ0n) is 16.5. The summed E-state index contributed by atoms with van der Waals surface area (Å²) in [4.78, 5) is 50.4. The molecule has 1 fully saturated rings. The van der Waals surface area contributed by atoms with Crippen LogP contribution in [0.1, 0.15) is 70.6 Å². The molecule has 1 aliphatic carbocycles. The van der Waals surface area contributed by atoms with Crippen molar-refractivity contribution >= 4 is 23.7 Å². The maximum absolute atomic E-state index is 12.5. The fourth-order valence-electron chi connectivity index (χ4n) is 3.36. The second kappa shape index (κ2) is 8.03. The SMILES string of the molecule is CCCCN1C(=O)c2ccc(C(=O)OCC(=O)N[C@@](C)(C#N)C3CC3)cc2C1=O. The summed E-state index contributed by atoms with van der Waals surface area (Å²) in [5.41, 5.74) is -0.461. The van der Waals surface area contributed by atoms with Crippen LogP contribution in [-0.4, -0.2) is 47.3 Å². The highest BCUT2D eigenvalue weighted by molar-refractivity contribution is 6.21.